The van der Waals surface area contributed by atoms with Crippen LogP contribution in [0, 0.1) is 17.6 Å². The average molecular weight is 574 g/mol. The van der Waals surface area contributed by atoms with Gasteiger partial charge in [0.05, 0.1) is 17.7 Å². The predicted octanol–water partition coefficient (Wildman–Crippen LogP) is 4.36. The number of ether oxygens (including phenoxy) is 1. The lowest BCUT2D eigenvalue weighted by Gasteiger charge is -2.32. The molecule has 0 fully saturated rings. The van der Waals surface area contributed by atoms with Gasteiger partial charge in [0.1, 0.15) is 30.0 Å². The standard InChI is InChI=1S/C29H33F2N3O5S/c1-20(2)17-32-29(36)21(3)33(18-22-5-7-23(30)8-6-22)28(35)19-34(25-11-9-24(31)10-12-25)40(37,38)27-15-13-26(39-4)14-16-27/h5-16,20-21H,17-19H2,1-4H3,(H,32,36)/t21-/m0/s1. The zero-order valence-corrected chi connectivity index (χ0v) is 23.6. The topological polar surface area (TPSA) is 96.0 Å². The van der Waals surface area contributed by atoms with Gasteiger partial charge in [-0.1, -0.05) is 26.0 Å². The van der Waals surface area contributed by atoms with Crippen molar-refractivity contribution >= 4 is 27.5 Å². The first-order valence-electron chi connectivity index (χ1n) is 12.7. The Morgan fingerprint density at radius 2 is 1.43 bits per heavy atom. The molecule has 40 heavy (non-hydrogen) atoms. The largest absolute Gasteiger partial charge is 0.497 e. The Morgan fingerprint density at radius 3 is 1.95 bits per heavy atom. The van der Waals surface area contributed by atoms with Crippen molar-refractivity contribution in [3.63, 3.8) is 0 Å². The Labute approximate surface area is 233 Å². The van der Waals surface area contributed by atoms with E-state index in [9.17, 15) is 26.8 Å². The molecule has 0 radical (unpaired) electrons. The van der Waals surface area contributed by atoms with Crippen LogP contribution in [-0.4, -0.2) is 51.4 Å². The summed E-state index contributed by atoms with van der Waals surface area (Å²) in [5, 5.41) is 2.79. The van der Waals surface area contributed by atoms with Crippen LogP contribution in [0.25, 0.3) is 0 Å². The monoisotopic (exact) mass is 573 g/mol. The smallest absolute Gasteiger partial charge is 0.264 e. The second-order valence-electron chi connectivity index (χ2n) is 9.63. The number of amides is 2. The summed E-state index contributed by atoms with van der Waals surface area (Å²) in [7, 11) is -2.86. The first kappa shape index (κ1) is 30.6. The molecule has 0 saturated heterocycles. The number of anilines is 1. The van der Waals surface area contributed by atoms with Gasteiger partial charge in [-0.15, -0.1) is 0 Å². The van der Waals surface area contributed by atoms with Crippen molar-refractivity contribution in [2.24, 2.45) is 5.92 Å². The van der Waals surface area contributed by atoms with Gasteiger partial charge in [-0.3, -0.25) is 13.9 Å². The van der Waals surface area contributed by atoms with E-state index in [-0.39, 0.29) is 23.0 Å². The number of nitrogens with one attached hydrogen (secondary N) is 1. The van der Waals surface area contributed by atoms with Crippen LogP contribution < -0.4 is 14.4 Å². The van der Waals surface area contributed by atoms with Crippen LogP contribution in [0.5, 0.6) is 5.75 Å². The Morgan fingerprint density at radius 1 is 0.875 bits per heavy atom. The Kier molecular flexibility index (Phi) is 10.2. The molecule has 1 N–H and O–H groups in total. The number of carbonyl (C=O) groups excluding carboxylic acids is 2. The van der Waals surface area contributed by atoms with Gasteiger partial charge in [-0.05, 0) is 79.1 Å². The highest BCUT2D eigenvalue weighted by molar-refractivity contribution is 7.92. The summed E-state index contributed by atoms with van der Waals surface area (Å²) < 4.78 is 60.7. The lowest BCUT2D eigenvalue weighted by atomic mass is 10.1. The molecule has 214 valence electrons. The molecule has 3 aromatic rings. The van der Waals surface area contributed by atoms with E-state index in [4.69, 9.17) is 4.74 Å². The van der Waals surface area contributed by atoms with Crippen LogP contribution >= 0.6 is 0 Å². The van der Waals surface area contributed by atoms with E-state index >= 15 is 0 Å². The van der Waals surface area contributed by atoms with Gasteiger partial charge in [0.2, 0.25) is 11.8 Å². The van der Waals surface area contributed by atoms with E-state index in [1.807, 2.05) is 13.8 Å². The molecule has 0 unspecified atom stereocenters. The van der Waals surface area contributed by atoms with Gasteiger partial charge in [-0.2, -0.15) is 0 Å². The van der Waals surface area contributed by atoms with E-state index in [1.54, 1.807) is 0 Å². The fraction of sp³-hybridized carbons (Fsp3) is 0.310. The number of sulfonamides is 1. The van der Waals surface area contributed by atoms with Gasteiger partial charge >= 0.3 is 0 Å². The number of halogens is 2. The number of hydrogen-bond donors (Lipinski definition) is 1. The number of rotatable bonds is 12. The minimum absolute atomic E-state index is 0.0595. The van der Waals surface area contributed by atoms with Crippen molar-refractivity contribution in [1.29, 1.82) is 0 Å². The van der Waals surface area contributed by atoms with Crippen molar-refractivity contribution in [1.82, 2.24) is 10.2 Å². The first-order chi connectivity index (χ1) is 18.9. The summed E-state index contributed by atoms with van der Waals surface area (Å²) in [5.74, 6) is -1.54. The molecule has 0 aliphatic heterocycles. The molecule has 0 aliphatic carbocycles. The van der Waals surface area contributed by atoms with Crippen molar-refractivity contribution in [3.8, 4) is 5.75 Å². The fourth-order valence-corrected chi connectivity index (χ4v) is 5.25. The van der Waals surface area contributed by atoms with Crippen LogP contribution in [0.1, 0.15) is 26.3 Å². The number of hydrogen-bond acceptors (Lipinski definition) is 5. The molecule has 0 saturated carbocycles. The maximum atomic E-state index is 13.8. The molecule has 2 amide bonds. The maximum absolute atomic E-state index is 13.8. The van der Waals surface area contributed by atoms with E-state index in [2.05, 4.69) is 5.32 Å². The highest BCUT2D eigenvalue weighted by atomic mass is 32.2. The van der Waals surface area contributed by atoms with E-state index < -0.39 is 46.1 Å². The molecule has 11 heteroatoms. The minimum Gasteiger partial charge on any atom is -0.497 e. The third-order valence-corrected chi connectivity index (χ3v) is 7.95. The molecule has 0 aromatic heterocycles. The van der Waals surface area contributed by atoms with Gasteiger partial charge in [0, 0.05) is 13.1 Å². The quantitative estimate of drug-likeness (QED) is 0.348. The van der Waals surface area contributed by atoms with Crippen LogP contribution in [0.3, 0.4) is 0 Å². The molecular weight excluding hydrogens is 540 g/mol. The van der Waals surface area contributed by atoms with Crippen LogP contribution in [0.2, 0.25) is 0 Å². The summed E-state index contributed by atoms with van der Waals surface area (Å²) in [6, 6.07) is 14.8. The van der Waals surface area contributed by atoms with Crippen molar-refractivity contribution in [2.75, 3.05) is 24.5 Å². The molecule has 3 aromatic carbocycles. The summed E-state index contributed by atoms with van der Waals surface area (Å²) >= 11 is 0. The molecule has 3 rings (SSSR count). The van der Waals surface area contributed by atoms with E-state index in [0.29, 0.717) is 17.9 Å². The zero-order chi connectivity index (χ0) is 29.4. The number of carbonyl (C=O) groups is 2. The zero-order valence-electron chi connectivity index (χ0n) is 22.8. The van der Waals surface area contributed by atoms with Gasteiger partial charge in [0.15, 0.2) is 0 Å². The molecule has 0 aliphatic rings. The van der Waals surface area contributed by atoms with Crippen molar-refractivity contribution in [3.05, 3.63) is 90.0 Å². The third kappa shape index (κ3) is 7.78. The lowest BCUT2D eigenvalue weighted by molar-refractivity contribution is -0.139. The number of nitrogens with zero attached hydrogens (tertiary/aromatic N) is 2. The van der Waals surface area contributed by atoms with Crippen molar-refractivity contribution < 1.29 is 31.5 Å². The van der Waals surface area contributed by atoms with Gasteiger partial charge in [-0.25, -0.2) is 17.2 Å². The van der Waals surface area contributed by atoms with E-state index in [0.717, 1.165) is 16.4 Å². The second kappa shape index (κ2) is 13.4. The molecule has 0 bridgehead atoms. The number of methoxy groups -OCH3 is 1. The van der Waals surface area contributed by atoms with Crippen LogP contribution in [0.15, 0.2) is 77.7 Å². The third-order valence-electron chi connectivity index (χ3n) is 6.16. The minimum atomic E-state index is -4.31. The summed E-state index contributed by atoms with van der Waals surface area (Å²) in [4.78, 5) is 27.9. The molecule has 0 spiro atoms. The van der Waals surface area contributed by atoms with Crippen LogP contribution in [0.4, 0.5) is 14.5 Å². The van der Waals surface area contributed by atoms with Gasteiger partial charge in [0.25, 0.3) is 10.0 Å². The highest BCUT2D eigenvalue weighted by Gasteiger charge is 2.32. The Bertz CT molecular complexity index is 1400. The molecule has 8 nitrogen and oxygen atoms in total. The highest BCUT2D eigenvalue weighted by Crippen LogP contribution is 2.26. The normalized spacial score (nSPS) is 12.1. The average Bonchev–Trinajstić information content (AvgIpc) is 2.94. The summed E-state index contributed by atoms with van der Waals surface area (Å²) in [6.07, 6.45) is 0. The van der Waals surface area contributed by atoms with E-state index in [1.165, 1.54) is 79.6 Å². The van der Waals surface area contributed by atoms with Crippen molar-refractivity contribution in [2.45, 2.75) is 38.3 Å². The number of benzene rings is 3. The Balaban J connectivity index is 2.00. The lowest BCUT2D eigenvalue weighted by Crippen LogP contribution is -2.51. The fourth-order valence-electron chi connectivity index (χ4n) is 3.83. The second-order valence-corrected chi connectivity index (χ2v) is 11.5. The molecule has 1 atom stereocenters. The molecular formula is C29H33F2N3O5S. The SMILES string of the molecule is COc1ccc(S(=O)(=O)N(CC(=O)N(Cc2ccc(F)cc2)[C@@H](C)C(=O)NCC(C)C)c2ccc(F)cc2)cc1. The summed E-state index contributed by atoms with van der Waals surface area (Å²) in [5.41, 5.74) is 0.605. The maximum Gasteiger partial charge on any atom is 0.264 e. The Hall–Kier alpha value is -3.99. The summed E-state index contributed by atoms with van der Waals surface area (Å²) in [6.45, 7) is 5.03. The van der Waals surface area contributed by atoms with Gasteiger partial charge < -0.3 is 15.0 Å². The first-order valence-corrected chi connectivity index (χ1v) is 14.1. The van der Waals surface area contributed by atoms with Crippen LogP contribution in [-0.2, 0) is 26.2 Å². The molecule has 0 heterocycles. The predicted molar refractivity (Wildman–Crippen MR) is 148 cm³/mol.